The number of alkyl halides is 6. The summed E-state index contributed by atoms with van der Waals surface area (Å²) in [5.74, 6) is -0.248. The number of nitrogens with zero attached hydrogens (tertiary/aromatic N) is 2. The molecule has 0 bridgehead atoms. The minimum Gasteiger partial charge on any atom is -0.511 e. The third kappa shape index (κ3) is 4.76. The molecule has 21 heavy (non-hydrogen) atoms. The van der Waals surface area contributed by atoms with Crippen molar-refractivity contribution in [1.82, 2.24) is 0 Å². The molecule has 0 unspecified atom stereocenters. The SMILES string of the molecule is C/C(O)=C(C)/N=N/c1cc(C(F)(F)F)cc(C(F)(F)F)c1. The van der Waals surface area contributed by atoms with Gasteiger partial charge in [0.1, 0.15) is 5.76 Å². The van der Waals surface area contributed by atoms with Gasteiger partial charge in [0.25, 0.3) is 0 Å². The van der Waals surface area contributed by atoms with E-state index in [1.54, 1.807) is 0 Å². The zero-order valence-electron chi connectivity index (χ0n) is 10.8. The number of aliphatic hydroxyl groups is 1. The van der Waals surface area contributed by atoms with Crippen molar-refractivity contribution in [3.05, 3.63) is 40.8 Å². The Hall–Kier alpha value is -2.06. The summed E-state index contributed by atoms with van der Waals surface area (Å²) in [5.41, 5.74) is -3.60. The van der Waals surface area contributed by atoms with E-state index in [-0.39, 0.29) is 17.5 Å². The van der Waals surface area contributed by atoms with Crippen molar-refractivity contribution in [3.8, 4) is 0 Å². The lowest BCUT2D eigenvalue weighted by atomic mass is 10.1. The summed E-state index contributed by atoms with van der Waals surface area (Å²) in [6.07, 6.45) is -9.88. The summed E-state index contributed by atoms with van der Waals surface area (Å²) in [5, 5.41) is 15.7. The summed E-state index contributed by atoms with van der Waals surface area (Å²) in [6.45, 7) is 2.55. The van der Waals surface area contributed by atoms with Gasteiger partial charge in [-0.1, -0.05) is 0 Å². The number of azo groups is 1. The van der Waals surface area contributed by atoms with Crippen LogP contribution in [0.1, 0.15) is 25.0 Å². The van der Waals surface area contributed by atoms with Crippen molar-refractivity contribution in [2.45, 2.75) is 26.2 Å². The number of halogens is 6. The fourth-order valence-corrected chi connectivity index (χ4v) is 1.20. The molecular weight excluding hydrogens is 302 g/mol. The first-order valence-electron chi connectivity index (χ1n) is 5.49. The molecule has 0 spiro atoms. The lowest BCUT2D eigenvalue weighted by Gasteiger charge is -2.12. The number of rotatable bonds is 2. The first-order valence-corrected chi connectivity index (χ1v) is 5.49. The summed E-state index contributed by atoms with van der Waals surface area (Å²) >= 11 is 0. The lowest BCUT2D eigenvalue weighted by molar-refractivity contribution is -0.143. The van der Waals surface area contributed by atoms with Gasteiger partial charge >= 0.3 is 12.4 Å². The molecule has 3 nitrogen and oxygen atoms in total. The fraction of sp³-hybridized carbons (Fsp3) is 0.333. The average molecular weight is 312 g/mol. The van der Waals surface area contributed by atoms with Gasteiger partial charge in [0.15, 0.2) is 0 Å². The molecule has 1 N–H and O–H groups in total. The summed E-state index contributed by atoms with van der Waals surface area (Å²) < 4.78 is 75.4. The van der Waals surface area contributed by atoms with Crippen molar-refractivity contribution >= 4 is 5.69 Å². The molecule has 0 aromatic heterocycles. The van der Waals surface area contributed by atoms with Crippen LogP contribution in [0, 0.1) is 0 Å². The summed E-state index contributed by atoms with van der Waals surface area (Å²) in [6, 6.07) is 0.885. The predicted molar refractivity (Wildman–Crippen MR) is 62.0 cm³/mol. The van der Waals surface area contributed by atoms with Gasteiger partial charge in [-0.2, -0.15) is 36.6 Å². The molecule has 1 aromatic rings. The maximum Gasteiger partial charge on any atom is 0.416 e. The second-order valence-corrected chi connectivity index (χ2v) is 4.13. The molecule has 0 saturated carbocycles. The van der Waals surface area contributed by atoms with Crippen LogP contribution in [0.5, 0.6) is 0 Å². The topological polar surface area (TPSA) is 45.0 Å². The first-order chi connectivity index (χ1) is 9.41. The van der Waals surface area contributed by atoms with Gasteiger partial charge in [-0.05, 0) is 32.0 Å². The van der Waals surface area contributed by atoms with E-state index >= 15 is 0 Å². The molecule has 0 radical (unpaired) electrons. The van der Waals surface area contributed by atoms with Crippen LogP contribution in [0.15, 0.2) is 39.9 Å². The quantitative estimate of drug-likeness (QED) is 0.430. The second-order valence-electron chi connectivity index (χ2n) is 4.13. The maximum atomic E-state index is 12.6. The fourth-order valence-electron chi connectivity index (χ4n) is 1.20. The van der Waals surface area contributed by atoms with Crippen LogP contribution in [0.2, 0.25) is 0 Å². The molecule has 116 valence electrons. The van der Waals surface area contributed by atoms with Gasteiger partial charge in [0, 0.05) is 0 Å². The lowest BCUT2D eigenvalue weighted by Crippen LogP contribution is -2.10. The highest BCUT2D eigenvalue weighted by Gasteiger charge is 2.36. The second kappa shape index (κ2) is 5.74. The predicted octanol–water partition coefficient (Wildman–Crippen LogP) is 5.62. The van der Waals surface area contributed by atoms with Crippen LogP contribution < -0.4 is 0 Å². The highest BCUT2D eigenvalue weighted by atomic mass is 19.4. The van der Waals surface area contributed by atoms with E-state index in [9.17, 15) is 26.3 Å². The molecule has 9 heteroatoms. The normalized spacial score (nSPS) is 14.5. The molecule has 0 amide bonds. The Balaban J connectivity index is 3.37. The molecule has 0 atom stereocenters. The Morgan fingerprint density at radius 1 is 0.905 bits per heavy atom. The van der Waals surface area contributed by atoms with Crippen LogP contribution in [-0.2, 0) is 12.4 Å². The summed E-state index contributed by atoms with van der Waals surface area (Å²) in [7, 11) is 0. The minimum absolute atomic E-state index is 0.000983. The molecule has 0 fully saturated rings. The third-order valence-electron chi connectivity index (χ3n) is 2.41. The minimum atomic E-state index is -4.94. The van der Waals surface area contributed by atoms with E-state index in [1.165, 1.54) is 13.8 Å². The highest BCUT2D eigenvalue weighted by molar-refractivity contribution is 5.45. The monoisotopic (exact) mass is 312 g/mol. The van der Waals surface area contributed by atoms with Crippen LogP contribution in [-0.4, -0.2) is 5.11 Å². The van der Waals surface area contributed by atoms with E-state index in [1.807, 2.05) is 0 Å². The Kier molecular flexibility index (Phi) is 4.65. The number of allylic oxidation sites excluding steroid dienone is 2. The number of aliphatic hydroxyl groups excluding tert-OH is 1. The van der Waals surface area contributed by atoms with Gasteiger partial charge in [-0.15, -0.1) is 0 Å². The largest absolute Gasteiger partial charge is 0.511 e. The third-order valence-corrected chi connectivity index (χ3v) is 2.41. The van der Waals surface area contributed by atoms with Gasteiger partial charge in [0.05, 0.1) is 22.5 Å². The number of benzene rings is 1. The van der Waals surface area contributed by atoms with E-state index in [4.69, 9.17) is 5.11 Å². The molecule has 0 aliphatic heterocycles. The molecule has 0 aliphatic rings. The van der Waals surface area contributed by atoms with E-state index in [0.29, 0.717) is 12.1 Å². The van der Waals surface area contributed by atoms with Gasteiger partial charge < -0.3 is 5.11 Å². The van der Waals surface area contributed by atoms with E-state index in [2.05, 4.69) is 10.2 Å². The van der Waals surface area contributed by atoms with Crippen molar-refractivity contribution in [1.29, 1.82) is 0 Å². The van der Waals surface area contributed by atoms with Crippen molar-refractivity contribution in [3.63, 3.8) is 0 Å². The van der Waals surface area contributed by atoms with E-state index < -0.39 is 29.2 Å². The van der Waals surface area contributed by atoms with E-state index in [0.717, 1.165) is 0 Å². The molecule has 1 rings (SSSR count). The van der Waals surface area contributed by atoms with Gasteiger partial charge in [-0.25, -0.2) is 0 Å². The van der Waals surface area contributed by atoms with Crippen molar-refractivity contribution in [2.75, 3.05) is 0 Å². The Labute approximate surface area is 115 Å². The highest BCUT2D eigenvalue weighted by Crippen LogP contribution is 2.38. The molecular formula is C12H10F6N2O. The van der Waals surface area contributed by atoms with Crippen LogP contribution >= 0.6 is 0 Å². The standard InChI is InChI=1S/C12H10F6N2O/c1-6(7(2)21)19-20-10-4-8(11(13,14)15)3-9(5-10)12(16,17)18/h3-5,21H,1-2H3/b7-6-,20-19+. The van der Waals surface area contributed by atoms with Gasteiger partial charge in [0.2, 0.25) is 0 Å². The average Bonchev–Trinajstić information content (AvgIpc) is 2.33. The van der Waals surface area contributed by atoms with Gasteiger partial charge in [-0.3, -0.25) is 0 Å². The zero-order chi connectivity index (χ0) is 16.4. The Morgan fingerprint density at radius 3 is 1.67 bits per heavy atom. The van der Waals surface area contributed by atoms with Crippen molar-refractivity contribution in [2.24, 2.45) is 10.2 Å². The zero-order valence-corrected chi connectivity index (χ0v) is 10.8. The maximum absolute atomic E-state index is 12.6. The Bertz CT molecular complexity index is 550. The number of hydrogen-bond acceptors (Lipinski definition) is 3. The Morgan fingerprint density at radius 2 is 1.33 bits per heavy atom. The van der Waals surface area contributed by atoms with Crippen LogP contribution in [0.4, 0.5) is 32.0 Å². The first kappa shape index (κ1) is 17.0. The van der Waals surface area contributed by atoms with Crippen LogP contribution in [0.25, 0.3) is 0 Å². The smallest absolute Gasteiger partial charge is 0.416 e. The molecule has 0 saturated heterocycles. The molecule has 0 aliphatic carbocycles. The number of hydrogen-bond donors (Lipinski definition) is 1. The molecule has 1 aromatic carbocycles. The molecule has 0 heterocycles. The summed E-state index contributed by atoms with van der Waals surface area (Å²) in [4.78, 5) is 0. The van der Waals surface area contributed by atoms with Crippen molar-refractivity contribution < 1.29 is 31.4 Å². The van der Waals surface area contributed by atoms with Crippen LogP contribution in [0.3, 0.4) is 0 Å².